The lowest BCUT2D eigenvalue weighted by Crippen LogP contribution is -2.22. The third kappa shape index (κ3) is 2.61. The van der Waals surface area contributed by atoms with Crippen molar-refractivity contribution in [2.75, 3.05) is 6.54 Å². The van der Waals surface area contributed by atoms with Gasteiger partial charge in [-0.2, -0.15) is 0 Å². The second-order valence-electron chi connectivity index (χ2n) is 3.90. The summed E-state index contributed by atoms with van der Waals surface area (Å²) in [6.45, 7) is 2.09. The van der Waals surface area contributed by atoms with Crippen LogP contribution in [0.15, 0.2) is 24.4 Å². The molecule has 2 N–H and O–H groups in total. The molecule has 0 bridgehead atoms. The summed E-state index contributed by atoms with van der Waals surface area (Å²) in [5, 5.41) is 13.2. The largest absolute Gasteiger partial charge is 0.508 e. The Morgan fingerprint density at radius 3 is 3.00 bits per heavy atom. The van der Waals surface area contributed by atoms with Crippen LogP contribution in [0.5, 0.6) is 5.75 Å². The molecule has 5 heteroatoms. The Hall–Kier alpha value is -1.49. The highest BCUT2D eigenvalue weighted by Gasteiger charge is 2.08. The minimum atomic E-state index is -0.0320. The minimum absolute atomic E-state index is 0.0320. The number of carbonyl (C=O) groups is 1. The summed E-state index contributed by atoms with van der Waals surface area (Å²) in [5.41, 5.74) is 2.09. The number of rotatable bonds is 3. The number of aromatic nitrogens is 1. The van der Waals surface area contributed by atoms with E-state index in [2.05, 4.69) is 21.5 Å². The van der Waals surface area contributed by atoms with Crippen molar-refractivity contribution in [3.05, 3.63) is 30.0 Å². The van der Waals surface area contributed by atoms with Gasteiger partial charge in [-0.3, -0.25) is 8.39 Å². The fraction of sp³-hybridized carbons (Fsp3) is 0.250. The molecule has 1 amide bonds. The Balaban J connectivity index is 2.27. The van der Waals surface area contributed by atoms with Gasteiger partial charge in [0.15, 0.2) is 0 Å². The second-order valence-corrected chi connectivity index (χ2v) is 4.66. The van der Waals surface area contributed by atoms with E-state index in [0.717, 1.165) is 22.9 Å². The Labute approximate surface area is 108 Å². The Kier molecular flexibility index (Phi) is 3.38. The zero-order valence-corrected chi connectivity index (χ0v) is 11.0. The number of halogens is 1. The van der Waals surface area contributed by atoms with Gasteiger partial charge in [-0.15, -0.1) is 0 Å². The molecule has 0 atom stereocenters. The molecule has 1 aromatic carbocycles. The van der Waals surface area contributed by atoms with Crippen molar-refractivity contribution in [3.63, 3.8) is 0 Å². The number of hydrogen-bond donors (Lipinski definition) is 2. The van der Waals surface area contributed by atoms with Crippen LogP contribution in [0.1, 0.15) is 12.5 Å². The van der Waals surface area contributed by atoms with Crippen molar-refractivity contribution < 1.29 is 9.90 Å². The standard InChI is InChI=1S/C12H13BrN2O2/c1-8(16)14-5-4-9-7-15(13)12-3-2-10(17)6-11(9)12/h2-3,6-7,17H,4-5H2,1H3,(H,14,16). The number of nitrogens with one attached hydrogen (secondary N) is 1. The quantitative estimate of drug-likeness (QED) is 0.912. The van der Waals surface area contributed by atoms with E-state index in [-0.39, 0.29) is 11.7 Å². The molecule has 2 aromatic rings. The van der Waals surface area contributed by atoms with Gasteiger partial charge in [0, 0.05) is 25.1 Å². The van der Waals surface area contributed by atoms with Crippen LogP contribution in [0.3, 0.4) is 0 Å². The average Bonchev–Trinajstić information content (AvgIpc) is 2.55. The maximum atomic E-state index is 10.8. The minimum Gasteiger partial charge on any atom is -0.508 e. The average molecular weight is 297 g/mol. The Morgan fingerprint density at radius 2 is 2.29 bits per heavy atom. The van der Waals surface area contributed by atoms with E-state index in [1.54, 1.807) is 12.1 Å². The zero-order valence-electron chi connectivity index (χ0n) is 9.40. The number of fused-ring (bicyclic) bond motifs is 1. The number of nitrogens with zero attached hydrogens (tertiary/aromatic N) is 1. The molecule has 0 saturated heterocycles. The Bertz CT molecular complexity index is 563. The highest BCUT2D eigenvalue weighted by molar-refractivity contribution is 9.08. The number of benzene rings is 1. The number of phenols is 1. The van der Waals surface area contributed by atoms with E-state index in [4.69, 9.17) is 0 Å². The SMILES string of the molecule is CC(=O)NCCc1cn(Br)c2ccc(O)cc12. The smallest absolute Gasteiger partial charge is 0.216 e. The number of amides is 1. The van der Waals surface area contributed by atoms with Crippen molar-refractivity contribution in [1.29, 1.82) is 0 Å². The van der Waals surface area contributed by atoms with Gasteiger partial charge < -0.3 is 10.4 Å². The zero-order chi connectivity index (χ0) is 12.4. The molecule has 0 fully saturated rings. The molecule has 90 valence electrons. The van der Waals surface area contributed by atoms with Gasteiger partial charge in [0.25, 0.3) is 0 Å². The summed E-state index contributed by atoms with van der Waals surface area (Å²) in [6, 6.07) is 5.23. The van der Waals surface area contributed by atoms with Crippen LogP contribution in [0.4, 0.5) is 0 Å². The maximum Gasteiger partial charge on any atom is 0.216 e. The molecule has 0 aliphatic carbocycles. The van der Waals surface area contributed by atoms with E-state index in [1.807, 2.05) is 15.9 Å². The first-order valence-electron chi connectivity index (χ1n) is 5.31. The third-order valence-electron chi connectivity index (χ3n) is 2.59. The predicted molar refractivity (Wildman–Crippen MR) is 70.3 cm³/mol. The summed E-state index contributed by atoms with van der Waals surface area (Å²) in [6.07, 6.45) is 2.68. The maximum absolute atomic E-state index is 10.8. The summed E-state index contributed by atoms with van der Waals surface area (Å²) >= 11 is 3.41. The molecule has 4 nitrogen and oxygen atoms in total. The summed E-state index contributed by atoms with van der Waals surface area (Å²) in [7, 11) is 0. The first-order chi connectivity index (χ1) is 8.08. The van der Waals surface area contributed by atoms with E-state index in [9.17, 15) is 9.90 Å². The second kappa shape index (κ2) is 4.79. The monoisotopic (exact) mass is 296 g/mol. The first-order valence-corrected chi connectivity index (χ1v) is 6.02. The van der Waals surface area contributed by atoms with Crippen molar-refractivity contribution >= 4 is 33.0 Å². The molecule has 0 radical (unpaired) electrons. The molecule has 0 aliphatic rings. The molecule has 1 aromatic heterocycles. The molecule has 17 heavy (non-hydrogen) atoms. The Morgan fingerprint density at radius 1 is 1.53 bits per heavy atom. The summed E-state index contributed by atoms with van der Waals surface area (Å²) < 4.78 is 1.84. The summed E-state index contributed by atoms with van der Waals surface area (Å²) in [5.74, 6) is 0.215. The third-order valence-corrected chi connectivity index (χ3v) is 3.18. The highest BCUT2D eigenvalue weighted by Crippen LogP contribution is 2.26. The van der Waals surface area contributed by atoms with E-state index in [1.165, 1.54) is 6.92 Å². The van der Waals surface area contributed by atoms with Gasteiger partial charge in [0.1, 0.15) is 5.75 Å². The first kappa shape index (κ1) is 12.0. The van der Waals surface area contributed by atoms with Gasteiger partial charge in [-0.25, -0.2) is 0 Å². The van der Waals surface area contributed by atoms with Crippen molar-refractivity contribution in [2.24, 2.45) is 0 Å². The van der Waals surface area contributed by atoms with Crippen molar-refractivity contribution in [1.82, 2.24) is 8.91 Å². The van der Waals surface area contributed by atoms with Crippen LogP contribution in [0.2, 0.25) is 0 Å². The van der Waals surface area contributed by atoms with Gasteiger partial charge in [0.05, 0.1) is 21.7 Å². The number of phenolic OH excluding ortho intramolecular Hbond substituents is 1. The van der Waals surface area contributed by atoms with Crippen LogP contribution in [-0.2, 0) is 11.2 Å². The molecular formula is C12H13BrN2O2. The molecule has 0 unspecified atom stereocenters. The van der Waals surface area contributed by atoms with Crippen molar-refractivity contribution in [2.45, 2.75) is 13.3 Å². The van der Waals surface area contributed by atoms with Gasteiger partial charge in [-0.05, 0) is 30.2 Å². The highest BCUT2D eigenvalue weighted by atomic mass is 79.9. The van der Waals surface area contributed by atoms with Gasteiger partial charge in [-0.1, -0.05) is 0 Å². The van der Waals surface area contributed by atoms with E-state index in [0.29, 0.717) is 6.54 Å². The number of aromatic hydroxyl groups is 1. The lowest BCUT2D eigenvalue weighted by Gasteiger charge is -2.01. The molecule has 0 saturated carbocycles. The normalized spacial score (nSPS) is 10.7. The molecule has 0 spiro atoms. The number of carbonyl (C=O) groups excluding carboxylic acids is 1. The van der Waals surface area contributed by atoms with Crippen molar-refractivity contribution in [3.8, 4) is 5.75 Å². The fourth-order valence-corrected chi connectivity index (χ4v) is 2.37. The summed E-state index contributed by atoms with van der Waals surface area (Å²) in [4.78, 5) is 10.8. The van der Waals surface area contributed by atoms with E-state index < -0.39 is 0 Å². The lowest BCUT2D eigenvalue weighted by atomic mass is 10.1. The van der Waals surface area contributed by atoms with Crippen LogP contribution in [-0.4, -0.2) is 21.2 Å². The van der Waals surface area contributed by atoms with Gasteiger partial charge in [0.2, 0.25) is 5.91 Å². The van der Waals surface area contributed by atoms with Crippen LogP contribution >= 0.6 is 16.1 Å². The van der Waals surface area contributed by atoms with Crippen LogP contribution < -0.4 is 5.32 Å². The van der Waals surface area contributed by atoms with Crippen LogP contribution in [0, 0.1) is 0 Å². The molecule has 0 aliphatic heterocycles. The number of hydrogen-bond acceptors (Lipinski definition) is 2. The molecular weight excluding hydrogens is 284 g/mol. The fourth-order valence-electron chi connectivity index (χ4n) is 1.82. The lowest BCUT2D eigenvalue weighted by molar-refractivity contribution is -0.118. The molecule has 2 rings (SSSR count). The molecule has 1 heterocycles. The van der Waals surface area contributed by atoms with Crippen LogP contribution in [0.25, 0.3) is 10.9 Å². The van der Waals surface area contributed by atoms with E-state index >= 15 is 0 Å². The van der Waals surface area contributed by atoms with Gasteiger partial charge >= 0.3 is 0 Å². The predicted octanol–water partition coefficient (Wildman–Crippen LogP) is 2.18. The topological polar surface area (TPSA) is 54.3 Å².